The van der Waals surface area contributed by atoms with Crippen LogP contribution in [0.4, 0.5) is 0 Å². The average molecular weight is 277 g/mol. The van der Waals surface area contributed by atoms with Gasteiger partial charge in [-0.2, -0.15) is 5.26 Å². The van der Waals surface area contributed by atoms with Crippen LogP contribution in [0.15, 0.2) is 36.4 Å². The maximum absolute atomic E-state index is 9.24. The molecule has 0 aromatic heterocycles. The van der Waals surface area contributed by atoms with Crippen LogP contribution in [0.1, 0.15) is 22.3 Å². The van der Waals surface area contributed by atoms with Crippen LogP contribution < -0.4 is 9.47 Å². The molecule has 0 amide bonds. The molecule has 0 aliphatic carbocycles. The lowest BCUT2D eigenvalue weighted by molar-refractivity contribution is 0.413. The van der Waals surface area contributed by atoms with Gasteiger partial charge in [0.2, 0.25) is 0 Å². The van der Waals surface area contributed by atoms with Crippen molar-refractivity contribution >= 4 is 0 Å². The second-order valence-corrected chi connectivity index (χ2v) is 4.48. The Morgan fingerprint density at radius 1 is 0.952 bits per heavy atom. The molecule has 3 nitrogen and oxygen atoms in total. The van der Waals surface area contributed by atoms with Crippen molar-refractivity contribution < 1.29 is 9.47 Å². The average Bonchev–Trinajstić information content (AvgIpc) is 2.53. The summed E-state index contributed by atoms with van der Waals surface area (Å²) in [6.07, 6.45) is 0. The van der Waals surface area contributed by atoms with E-state index in [0.717, 1.165) is 16.9 Å². The number of nitriles is 1. The van der Waals surface area contributed by atoms with Gasteiger partial charge >= 0.3 is 0 Å². The van der Waals surface area contributed by atoms with Gasteiger partial charge in [-0.05, 0) is 48.9 Å². The predicted octanol–water partition coefficient (Wildman–Crippen LogP) is 3.28. The Bertz CT molecular complexity index is 744. The van der Waals surface area contributed by atoms with Gasteiger partial charge in [-0.1, -0.05) is 11.8 Å². The van der Waals surface area contributed by atoms with Crippen molar-refractivity contribution in [2.45, 2.75) is 6.92 Å². The first kappa shape index (κ1) is 14.5. The summed E-state index contributed by atoms with van der Waals surface area (Å²) in [7, 11) is 3.20. The fourth-order valence-corrected chi connectivity index (χ4v) is 1.94. The molecule has 0 N–H and O–H groups in total. The highest BCUT2D eigenvalue weighted by atomic mass is 16.5. The zero-order valence-electron chi connectivity index (χ0n) is 12.2. The first-order valence-corrected chi connectivity index (χ1v) is 6.42. The molecule has 0 heterocycles. The fraction of sp³-hybridized carbons (Fsp3) is 0.167. The molecular weight excluding hydrogens is 262 g/mol. The van der Waals surface area contributed by atoms with Gasteiger partial charge in [0.1, 0.15) is 17.6 Å². The van der Waals surface area contributed by atoms with Crippen LogP contribution in [-0.4, -0.2) is 14.2 Å². The van der Waals surface area contributed by atoms with Crippen LogP contribution in [0.2, 0.25) is 0 Å². The maximum atomic E-state index is 9.24. The van der Waals surface area contributed by atoms with Crippen LogP contribution in [0, 0.1) is 30.1 Å². The van der Waals surface area contributed by atoms with Crippen molar-refractivity contribution in [2.24, 2.45) is 0 Å². The predicted molar refractivity (Wildman–Crippen MR) is 81.4 cm³/mol. The first-order chi connectivity index (χ1) is 10.2. The number of aryl methyl sites for hydroxylation is 1. The SMILES string of the molecule is COc1ccc(C#Cc2c(C#N)cc(C)cc2OC)cc1. The minimum absolute atomic E-state index is 0.521. The Morgan fingerprint density at radius 2 is 1.67 bits per heavy atom. The second-order valence-electron chi connectivity index (χ2n) is 4.48. The normalized spacial score (nSPS) is 9.24. The van der Waals surface area contributed by atoms with Gasteiger partial charge in [0, 0.05) is 5.56 Å². The van der Waals surface area contributed by atoms with E-state index in [2.05, 4.69) is 17.9 Å². The third kappa shape index (κ3) is 3.35. The highest BCUT2D eigenvalue weighted by Crippen LogP contribution is 2.23. The molecule has 21 heavy (non-hydrogen) atoms. The maximum Gasteiger partial charge on any atom is 0.136 e. The summed E-state index contributed by atoms with van der Waals surface area (Å²) in [6.45, 7) is 1.92. The molecule has 3 heteroatoms. The van der Waals surface area contributed by atoms with Crippen molar-refractivity contribution in [2.75, 3.05) is 14.2 Å². The number of rotatable bonds is 2. The zero-order chi connectivity index (χ0) is 15.2. The van der Waals surface area contributed by atoms with E-state index in [1.165, 1.54) is 0 Å². The van der Waals surface area contributed by atoms with Gasteiger partial charge in [-0.25, -0.2) is 0 Å². The molecule has 2 aromatic rings. The van der Waals surface area contributed by atoms with E-state index in [4.69, 9.17) is 9.47 Å². The lowest BCUT2D eigenvalue weighted by Crippen LogP contribution is -1.93. The Hall–Kier alpha value is -2.91. The molecule has 2 rings (SSSR count). The molecule has 0 bridgehead atoms. The molecule has 104 valence electrons. The van der Waals surface area contributed by atoms with Gasteiger partial charge in [0.25, 0.3) is 0 Å². The van der Waals surface area contributed by atoms with E-state index in [0.29, 0.717) is 16.9 Å². The van der Waals surface area contributed by atoms with Crippen molar-refractivity contribution in [1.29, 1.82) is 5.26 Å². The minimum Gasteiger partial charge on any atom is -0.497 e. The van der Waals surface area contributed by atoms with Gasteiger partial charge in [0.15, 0.2) is 0 Å². The molecule has 2 aromatic carbocycles. The number of methoxy groups -OCH3 is 2. The molecule has 0 saturated heterocycles. The molecule has 0 saturated carbocycles. The highest BCUT2D eigenvalue weighted by molar-refractivity contribution is 5.59. The smallest absolute Gasteiger partial charge is 0.136 e. The highest BCUT2D eigenvalue weighted by Gasteiger charge is 2.08. The molecule has 0 aliphatic rings. The molecule has 0 unspecified atom stereocenters. The summed E-state index contributed by atoms with van der Waals surface area (Å²) in [4.78, 5) is 0. The molecule has 0 atom stereocenters. The van der Waals surface area contributed by atoms with E-state index in [-0.39, 0.29) is 0 Å². The van der Waals surface area contributed by atoms with Crippen LogP contribution in [0.3, 0.4) is 0 Å². The van der Waals surface area contributed by atoms with E-state index in [1.807, 2.05) is 37.3 Å². The Morgan fingerprint density at radius 3 is 2.24 bits per heavy atom. The third-order valence-electron chi connectivity index (χ3n) is 3.01. The standard InChI is InChI=1S/C18H15NO2/c1-13-10-15(12-19)17(18(11-13)21-3)9-6-14-4-7-16(20-2)8-5-14/h4-5,7-8,10-11H,1-3H3. The van der Waals surface area contributed by atoms with Gasteiger partial charge in [0.05, 0.1) is 25.3 Å². The van der Waals surface area contributed by atoms with E-state index >= 15 is 0 Å². The third-order valence-corrected chi connectivity index (χ3v) is 3.01. The molecule has 0 spiro atoms. The number of hydrogen-bond donors (Lipinski definition) is 0. The first-order valence-electron chi connectivity index (χ1n) is 6.42. The zero-order valence-corrected chi connectivity index (χ0v) is 12.2. The lowest BCUT2D eigenvalue weighted by atomic mass is 10.0. The van der Waals surface area contributed by atoms with E-state index in [9.17, 15) is 5.26 Å². The summed E-state index contributed by atoms with van der Waals surface area (Å²) in [5, 5.41) is 9.24. The van der Waals surface area contributed by atoms with Crippen molar-refractivity contribution in [3.8, 4) is 29.4 Å². The van der Waals surface area contributed by atoms with Crippen LogP contribution in [-0.2, 0) is 0 Å². The second kappa shape index (κ2) is 6.50. The van der Waals surface area contributed by atoms with Gasteiger partial charge in [-0.3, -0.25) is 0 Å². The molecule has 0 aliphatic heterocycles. The molecule has 0 radical (unpaired) electrons. The monoisotopic (exact) mass is 277 g/mol. The number of ether oxygens (including phenoxy) is 2. The van der Waals surface area contributed by atoms with Crippen molar-refractivity contribution in [3.05, 3.63) is 58.7 Å². The Balaban J connectivity index is 2.44. The number of hydrogen-bond acceptors (Lipinski definition) is 3. The van der Waals surface area contributed by atoms with Crippen molar-refractivity contribution in [3.63, 3.8) is 0 Å². The minimum atomic E-state index is 0.521. The summed E-state index contributed by atoms with van der Waals surface area (Å²) in [6, 6.07) is 13.3. The topological polar surface area (TPSA) is 42.2 Å². The van der Waals surface area contributed by atoms with Crippen LogP contribution in [0.5, 0.6) is 11.5 Å². The summed E-state index contributed by atoms with van der Waals surface area (Å²) >= 11 is 0. The lowest BCUT2D eigenvalue weighted by Gasteiger charge is -2.06. The van der Waals surface area contributed by atoms with Crippen LogP contribution in [0.25, 0.3) is 0 Å². The number of nitrogens with zero attached hydrogens (tertiary/aromatic N) is 1. The van der Waals surface area contributed by atoms with E-state index in [1.54, 1.807) is 20.3 Å². The van der Waals surface area contributed by atoms with Crippen molar-refractivity contribution in [1.82, 2.24) is 0 Å². The quantitative estimate of drug-likeness (QED) is 0.791. The largest absolute Gasteiger partial charge is 0.497 e. The fourth-order valence-electron chi connectivity index (χ4n) is 1.94. The summed E-state index contributed by atoms with van der Waals surface area (Å²) < 4.78 is 10.4. The summed E-state index contributed by atoms with van der Waals surface area (Å²) in [5.41, 5.74) is 2.95. The number of benzene rings is 2. The Labute approximate surface area is 124 Å². The van der Waals surface area contributed by atoms with Gasteiger partial charge in [-0.15, -0.1) is 0 Å². The molecule has 0 fully saturated rings. The van der Waals surface area contributed by atoms with Crippen LogP contribution >= 0.6 is 0 Å². The summed E-state index contributed by atoms with van der Waals surface area (Å²) in [5.74, 6) is 7.47. The van der Waals surface area contributed by atoms with E-state index < -0.39 is 0 Å². The molecular formula is C18H15NO2. The van der Waals surface area contributed by atoms with Gasteiger partial charge < -0.3 is 9.47 Å². The Kier molecular flexibility index (Phi) is 4.49.